The molecule has 0 aromatic heterocycles. The van der Waals surface area contributed by atoms with Crippen molar-refractivity contribution in [3.63, 3.8) is 0 Å². The van der Waals surface area contributed by atoms with Crippen LogP contribution in [-0.2, 0) is 20.6 Å². The van der Waals surface area contributed by atoms with E-state index in [4.69, 9.17) is 4.74 Å². The average Bonchev–Trinajstić information content (AvgIpc) is 1.65. The van der Waals surface area contributed by atoms with Gasteiger partial charge in [0.15, 0.2) is 0 Å². The molecule has 0 aromatic carbocycles. The van der Waals surface area contributed by atoms with Crippen LogP contribution in [0.1, 0.15) is 6.92 Å². The molecule has 0 aliphatic heterocycles. The average molecular weight is 136 g/mol. The minimum atomic E-state index is 0.778. The van der Waals surface area contributed by atoms with Gasteiger partial charge in [-0.05, 0) is 0 Å². The van der Waals surface area contributed by atoms with Gasteiger partial charge in [0.1, 0.15) is 0 Å². The molecule has 0 rings (SSSR count). The molecule has 0 fully saturated rings. The molecule has 0 spiro atoms. The van der Waals surface area contributed by atoms with Crippen molar-refractivity contribution in [3.8, 4) is 0 Å². The van der Waals surface area contributed by atoms with Crippen LogP contribution in [0.4, 0.5) is 0 Å². The molecule has 2 heteroatoms. The molecule has 0 amide bonds. The van der Waals surface area contributed by atoms with Crippen molar-refractivity contribution >= 4 is 4.57 Å². The molecule has 0 unspecified atom stereocenters. The third-order valence-electron chi connectivity index (χ3n) is 0.534. The first-order valence-electron chi connectivity index (χ1n) is 1.92. The Bertz CT molecular complexity index is 96.3. The van der Waals surface area contributed by atoms with Crippen LogP contribution < -0.4 is 0 Å². The van der Waals surface area contributed by atoms with Crippen LogP contribution in [0.3, 0.4) is 0 Å². The second-order valence-corrected chi connectivity index (χ2v) is 1.85. The molecule has 0 atom stereocenters. The fourth-order valence-corrected chi connectivity index (χ4v) is 0.174. The van der Waals surface area contributed by atoms with E-state index in [9.17, 15) is 0 Å². The predicted molar refractivity (Wildman–Crippen MR) is 26.8 cm³/mol. The summed E-state index contributed by atoms with van der Waals surface area (Å²) in [5, 5.41) is 0. The molecule has 0 heterocycles. The topological polar surface area (TPSA) is 9.23 Å². The first kappa shape index (κ1) is 7.10. The van der Waals surface area contributed by atoms with Crippen LogP contribution in [0.25, 0.3) is 0 Å². The second-order valence-electron chi connectivity index (χ2n) is 1.27. The van der Waals surface area contributed by atoms with Gasteiger partial charge in [0.2, 0.25) is 0 Å². The van der Waals surface area contributed by atoms with Gasteiger partial charge in [0.05, 0.1) is 0 Å². The van der Waals surface area contributed by atoms with Gasteiger partial charge >= 0.3 is 51.3 Å². The first-order valence-corrected chi connectivity index (χ1v) is 2.56. The van der Waals surface area contributed by atoms with E-state index in [0.29, 0.717) is 0 Å². The fourth-order valence-electron chi connectivity index (χ4n) is 0.174. The van der Waals surface area contributed by atoms with Gasteiger partial charge in [0, 0.05) is 0 Å². The Kier molecular flexibility index (Phi) is 3.20. The second kappa shape index (κ2) is 3.15. The van der Waals surface area contributed by atoms with Crippen molar-refractivity contribution in [3.05, 3.63) is 12.2 Å². The summed E-state index contributed by atoms with van der Waals surface area (Å²) in [7, 11) is 1.61. The fraction of sp³-hybridized carbons (Fsp3) is 0.400. The van der Waals surface area contributed by atoms with Gasteiger partial charge in [-0.2, -0.15) is 0 Å². The number of methoxy groups -OCH3 is 1. The van der Waals surface area contributed by atoms with Crippen LogP contribution in [-0.4, -0.2) is 11.7 Å². The quantitative estimate of drug-likeness (QED) is 0.547. The maximum absolute atomic E-state index is 4.77. The van der Waals surface area contributed by atoms with Crippen molar-refractivity contribution in [2.24, 2.45) is 0 Å². The van der Waals surface area contributed by atoms with Gasteiger partial charge in [-0.3, -0.25) is 0 Å². The SMILES string of the molecule is C=C(C)[C](=[Cr])OC. The van der Waals surface area contributed by atoms with E-state index in [2.05, 4.69) is 22.4 Å². The van der Waals surface area contributed by atoms with E-state index < -0.39 is 0 Å². The molecular formula is C5H8CrO. The van der Waals surface area contributed by atoms with Crippen LogP contribution >= 0.6 is 0 Å². The van der Waals surface area contributed by atoms with E-state index >= 15 is 0 Å². The summed E-state index contributed by atoms with van der Waals surface area (Å²) in [5.74, 6) is 0. The van der Waals surface area contributed by atoms with Crippen LogP contribution in [0.15, 0.2) is 12.2 Å². The van der Waals surface area contributed by atoms with E-state index in [0.717, 1.165) is 10.1 Å². The summed E-state index contributed by atoms with van der Waals surface area (Å²) in [4.78, 5) is 0. The van der Waals surface area contributed by atoms with Gasteiger partial charge in [-0.25, -0.2) is 0 Å². The Morgan fingerprint density at radius 1 is 1.71 bits per heavy atom. The Labute approximate surface area is 51.9 Å². The maximum atomic E-state index is 4.77. The molecule has 0 radical (unpaired) electrons. The van der Waals surface area contributed by atoms with Gasteiger partial charge in [0.25, 0.3) is 0 Å². The first-order chi connectivity index (χ1) is 3.18. The molecule has 0 aliphatic carbocycles. The Balaban J connectivity index is 3.58. The van der Waals surface area contributed by atoms with E-state index in [1.165, 1.54) is 0 Å². The van der Waals surface area contributed by atoms with Crippen LogP contribution in [0.5, 0.6) is 0 Å². The predicted octanol–water partition coefficient (Wildman–Crippen LogP) is 0.886. The normalized spacial score (nSPS) is 8.29. The number of ether oxygens (including phenoxy) is 1. The number of hydrogen-bond donors (Lipinski definition) is 0. The number of rotatable bonds is 2. The molecule has 40 valence electrons. The van der Waals surface area contributed by atoms with Gasteiger partial charge in [-0.15, -0.1) is 0 Å². The van der Waals surface area contributed by atoms with Crippen LogP contribution in [0, 0.1) is 0 Å². The van der Waals surface area contributed by atoms with Crippen molar-refractivity contribution in [2.45, 2.75) is 6.92 Å². The minimum absolute atomic E-state index is 0.778. The Morgan fingerprint density at radius 3 is 2.14 bits per heavy atom. The molecule has 0 N–H and O–H groups in total. The Hall–Kier alpha value is 0.102. The van der Waals surface area contributed by atoms with Gasteiger partial charge in [-0.1, -0.05) is 0 Å². The molecule has 0 saturated heterocycles. The Morgan fingerprint density at radius 2 is 2.14 bits per heavy atom. The molecule has 1 nitrogen and oxygen atoms in total. The summed E-state index contributed by atoms with van der Waals surface area (Å²) in [6.07, 6.45) is 0. The number of hydrogen-bond acceptors (Lipinski definition) is 1. The summed E-state index contributed by atoms with van der Waals surface area (Å²) in [6.45, 7) is 5.52. The summed E-state index contributed by atoms with van der Waals surface area (Å²) in [5.41, 5.74) is 0.933. The summed E-state index contributed by atoms with van der Waals surface area (Å²) in [6, 6.07) is 0. The zero-order valence-electron chi connectivity index (χ0n) is 4.52. The van der Waals surface area contributed by atoms with E-state index in [-0.39, 0.29) is 0 Å². The monoisotopic (exact) mass is 136 g/mol. The summed E-state index contributed by atoms with van der Waals surface area (Å²) < 4.78 is 5.55. The third-order valence-corrected chi connectivity index (χ3v) is 1.34. The van der Waals surface area contributed by atoms with Gasteiger partial charge < -0.3 is 0 Å². The molecule has 0 aromatic rings. The zero-order chi connectivity index (χ0) is 5.86. The molecule has 0 bridgehead atoms. The van der Waals surface area contributed by atoms with Crippen LogP contribution in [0.2, 0.25) is 0 Å². The van der Waals surface area contributed by atoms with Crippen molar-refractivity contribution in [1.29, 1.82) is 0 Å². The van der Waals surface area contributed by atoms with Crippen molar-refractivity contribution in [2.75, 3.05) is 7.11 Å². The zero-order valence-corrected chi connectivity index (χ0v) is 5.80. The summed E-state index contributed by atoms with van der Waals surface area (Å²) >= 11 is 2.72. The molecule has 7 heavy (non-hydrogen) atoms. The molecule has 0 saturated carbocycles. The third kappa shape index (κ3) is 2.76. The molecule has 0 aliphatic rings. The van der Waals surface area contributed by atoms with E-state index in [1.54, 1.807) is 7.11 Å². The van der Waals surface area contributed by atoms with Crippen molar-refractivity contribution in [1.82, 2.24) is 0 Å². The standard InChI is InChI=1S/C5H8O.Cr/c1-5(2)4-6-3;/h1H2,2-3H3;. The van der Waals surface area contributed by atoms with E-state index in [1.807, 2.05) is 6.92 Å². The van der Waals surface area contributed by atoms with Crippen molar-refractivity contribution < 1.29 is 20.6 Å². The molecular weight excluding hydrogens is 128 g/mol.